The van der Waals surface area contributed by atoms with Crippen LogP contribution >= 0.6 is 0 Å². The topological polar surface area (TPSA) is 122 Å². The Balaban J connectivity index is 1.74. The summed E-state index contributed by atoms with van der Waals surface area (Å²) in [4.78, 5) is 33.3. The van der Waals surface area contributed by atoms with Gasteiger partial charge in [0.2, 0.25) is 5.91 Å². The third kappa shape index (κ3) is 3.61. The van der Waals surface area contributed by atoms with E-state index in [2.05, 4.69) is 10.6 Å². The predicted molar refractivity (Wildman–Crippen MR) is 70.7 cm³/mol. The molecule has 7 nitrogen and oxygen atoms in total. The minimum Gasteiger partial charge on any atom is -0.480 e. The van der Waals surface area contributed by atoms with Crippen molar-refractivity contribution in [1.29, 1.82) is 0 Å². The maximum atomic E-state index is 11.7. The number of fused-ring (bicyclic) bond motifs is 2. The number of hydrogen-bond donors (Lipinski definition) is 4. The van der Waals surface area contributed by atoms with Crippen molar-refractivity contribution < 1.29 is 19.5 Å². The lowest BCUT2D eigenvalue weighted by atomic mass is 9.89. The molecular weight excluding hydrogens is 262 g/mol. The van der Waals surface area contributed by atoms with Gasteiger partial charge < -0.3 is 21.5 Å². The lowest BCUT2D eigenvalue weighted by Gasteiger charge is -2.22. The first-order chi connectivity index (χ1) is 9.45. The minimum absolute atomic E-state index is 0.406. The normalized spacial score (nSPS) is 28.9. The molecule has 0 spiro atoms. The van der Waals surface area contributed by atoms with E-state index < -0.39 is 30.4 Å². The number of nitrogens with one attached hydrogen (secondary N) is 2. The Hall–Kier alpha value is -1.79. The highest BCUT2D eigenvalue weighted by Gasteiger charge is 2.39. The molecule has 112 valence electrons. The molecule has 0 saturated heterocycles. The number of nitrogens with two attached hydrogens (primary N) is 1. The van der Waals surface area contributed by atoms with Crippen molar-refractivity contribution in [3.63, 3.8) is 0 Å². The highest BCUT2D eigenvalue weighted by molar-refractivity contribution is 5.87. The maximum absolute atomic E-state index is 11.7. The van der Waals surface area contributed by atoms with E-state index in [1.165, 1.54) is 19.3 Å². The fraction of sp³-hybridized carbons (Fsp3) is 0.769. The number of primary amides is 1. The van der Waals surface area contributed by atoms with Crippen molar-refractivity contribution >= 4 is 17.9 Å². The van der Waals surface area contributed by atoms with Gasteiger partial charge in [-0.05, 0) is 37.0 Å². The molecule has 7 heteroatoms. The molecule has 2 fully saturated rings. The van der Waals surface area contributed by atoms with Gasteiger partial charge in [-0.25, -0.2) is 9.59 Å². The molecule has 20 heavy (non-hydrogen) atoms. The molecule has 0 aromatic carbocycles. The van der Waals surface area contributed by atoms with Crippen LogP contribution < -0.4 is 16.4 Å². The molecule has 3 amide bonds. The first-order valence-corrected chi connectivity index (χ1v) is 7.01. The molecule has 5 N–H and O–H groups in total. The summed E-state index contributed by atoms with van der Waals surface area (Å²) in [6, 6.07) is -1.83. The van der Waals surface area contributed by atoms with Crippen LogP contribution in [0.25, 0.3) is 0 Å². The Morgan fingerprint density at radius 1 is 1.25 bits per heavy atom. The molecule has 2 saturated carbocycles. The van der Waals surface area contributed by atoms with Crippen LogP contribution in [0.4, 0.5) is 4.79 Å². The van der Waals surface area contributed by atoms with E-state index in [9.17, 15) is 14.4 Å². The zero-order chi connectivity index (χ0) is 14.7. The minimum atomic E-state index is -1.27. The number of carboxylic acids is 1. The first-order valence-electron chi connectivity index (χ1n) is 7.01. The molecule has 0 aromatic rings. The molecular formula is C13H21N3O4. The van der Waals surface area contributed by atoms with Crippen molar-refractivity contribution in [2.45, 2.75) is 38.1 Å². The summed E-state index contributed by atoms with van der Waals surface area (Å²) in [7, 11) is 0. The second kappa shape index (κ2) is 6.11. The van der Waals surface area contributed by atoms with E-state index >= 15 is 0 Å². The summed E-state index contributed by atoms with van der Waals surface area (Å²) in [5, 5.41) is 13.9. The molecule has 2 rings (SSSR count). The van der Waals surface area contributed by atoms with Gasteiger partial charge in [0.05, 0.1) is 6.42 Å². The van der Waals surface area contributed by atoms with Gasteiger partial charge in [0.25, 0.3) is 0 Å². The number of amides is 3. The number of carbonyl (C=O) groups is 3. The highest BCUT2D eigenvalue weighted by atomic mass is 16.4. The summed E-state index contributed by atoms with van der Waals surface area (Å²) in [5.41, 5.74) is 4.95. The summed E-state index contributed by atoms with van der Waals surface area (Å²) < 4.78 is 0. The fourth-order valence-electron chi connectivity index (χ4n) is 3.46. The maximum Gasteiger partial charge on any atom is 0.326 e. The number of rotatable bonds is 6. The van der Waals surface area contributed by atoms with Gasteiger partial charge >= 0.3 is 12.0 Å². The van der Waals surface area contributed by atoms with Gasteiger partial charge in [-0.3, -0.25) is 4.79 Å². The van der Waals surface area contributed by atoms with E-state index in [1.807, 2.05) is 0 Å². The summed E-state index contributed by atoms with van der Waals surface area (Å²) in [5.74, 6) is -0.0266. The van der Waals surface area contributed by atoms with Crippen LogP contribution in [-0.2, 0) is 9.59 Å². The van der Waals surface area contributed by atoms with Gasteiger partial charge in [-0.15, -0.1) is 0 Å². The van der Waals surface area contributed by atoms with Gasteiger partial charge in [-0.1, -0.05) is 6.42 Å². The summed E-state index contributed by atoms with van der Waals surface area (Å²) in [6.07, 6.45) is 4.53. The van der Waals surface area contributed by atoms with Crippen molar-refractivity contribution in [3.05, 3.63) is 0 Å². The van der Waals surface area contributed by atoms with E-state index in [-0.39, 0.29) is 0 Å². The van der Waals surface area contributed by atoms with Crippen molar-refractivity contribution in [2.75, 3.05) is 6.54 Å². The van der Waals surface area contributed by atoms with Crippen LogP contribution in [0.15, 0.2) is 0 Å². The lowest BCUT2D eigenvalue weighted by molar-refractivity contribution is -0.140. The molecule has 0 radical (unpaired) electrons. The Labute approximate surface area is 117 Å². The van der Waals surface area contributed by atoms with Crippen molar-refractivity contribution in [3.8, 4) is 0 Å². The van der Waals surface area contributed by atoms with Crippen LogP contribution in [0.1, 0.15) is 32.1 Å². The molecule has 0 heterocycles. The fourth-order valence-corrected chi connectivity index (χ4v) is 3.46. The molecule has 2 aliphatic carbocycles. The molecule has 3 unspecified atom stereocenters. The SMILES string of the molecule is NC(=O)C[C@H](NC(=O)NCC1CC2CCC1C2)C(=O)O. The predicted octanol–water partition coefficient (Wildman–Crippen LogP) is 0.0504. The van der Waals surface area contributed by atoms with Crippen LogP contribution in [0, 0.1) is 17.8 Å². The monoisotopic (exact) mass is 283 g/mol. The van der Waals surface area contributed by atoms with Gasteiger partial charge in [0, 0.05) is 6.54 Å². The molecule has 4 atom stereocenters. The largest absolute Gasteiger partial charge is 0.480 e. The van der Waals surface area contributed by atoms with Gasteiger partial charge in [0.15, 0.2) is 0 Å². The average molecular weight is 283 g/mol. The van der Waals surface area contributed by atoms with Crippen LogP contribution in [-0.4, -0.2) is 35.6 Å². The van der Waals surface area contributed by atoms with E-state index in [0.717, 1.165) is 12.3 Å². The third-order valence-corrected chi connectivity index (χ3v) is 4.42. The Morgan fingerprint density at radius 3 is 2.50 bits per heavy atom. The smallest absolute Gasteiger partial charge is 0.326 e. The molecule has 0 aromatic heterocycles. The van der Waals surface area contributed by atoms with E-state index in [4.69, 9.17) is 10.8 Å². The van der Waals surface area contributed by atoms with Crippen LogP contribution in [0.3, 0.4) is 0 Å². The van der Waals surface area contributed by atoms with Crippen molar-refractivity contribution in [1.82, 2.24) is 10.6 Å². The average Bonchev–Trinajstić information content (AvgIpc) is 2.97. The second-order valence-electron chi connectivity index (χ2n) is 5.85. The van der Waals surface area contributed by atoms with Crippen LogP contribution in [0.5, 0.6) is 0 Å². The lowest BCUT2D eigenvalue weighted by Crippen LogP contribution is -2.48. The summed E-state index contributed by atoms with van der Waals surface area (Å²) >= 11 is 0. The molecule has 2 bridgehead atoms. The van der Waals surface area contributed by atoms with Gasteiger partial charge in [0.1, 0.15) is 6.04 Å². The zero-order valence-electron chi connectivity index (χ0n) is 11.3. The quantitative estimate of drug-likeness (QED) is 0.550. The first kappa shape index (κ1) is 14.6. The van der Waals surface area contributed by atoms with Crippen LogP contribution in [0.2, 0.25) is 0 Å². The Bertz CT molecular complexity index is 412. The Kier molecular flexibility index (Phi) is 4.46. The number of carbonyl (C=O) groups excluding carboxylic acids is 2. The third-order valence-electron chi connectivity index (χ3n) is 4.42. The highest BCUT2D eigenvalue weighted by Crippen LogP contribution is 2.47. The second-order valence-corrected chi connectivity index (χ2v) is 5.85. The van der Waals surface area contributed by atoms with E-state index in [0.29, 0.717) is 18.4 Å². The van der Waals surface area contributed by atoms with Gasteiger partial charge in [-0.2, -0.15) is 0 Å². The zero-order valence-corrected chi connectivity index (χ0v) is 11.3. The molecule has 2 aliphatic rings. The number of aliphatic carboxylic acids is 1. The standard InChI is InChI=1S/C13H21N3O4/c14-11(17)5-10(12(18)19)16-13(20)15-6-9-4-7-1-2-8(9)3-7/h7-10H,1-6H2,(H2,14,17)(H,18,19)(H2,15,16,20)/t7?,8?,9?,10-/m0/s1. The number of carboxylic acid groups (broad SMARTS) is 1. The molecule has 0 aliphatic heterocycles. The Morgan fingerprint density at radius 2 is 2.00 bits per heavy atom. The number of urea groups is 1. The summed E-state index contributed by atoms with van der Waals surface area (Å²) in [6.45, 7) is 0.565. The van der Waals surface area contributed by atoms with E-state index in [1.54, 1.807) is 0 Å². The van der Waals surface area contributed by atoms with Crippen molar-refractivity contribution in [2.24, 2.45) is 23.5 Å². The number of hydrogen-bond acceptors (Lipinski definition) is 3.